The first-order valence-corrected chi connectivity index (χ1v) is 12.9. The van der Waals surface area contributed by atoms with Gasteiger partial charge in [-0.25, -0.2) is 9.36 Å². The van der Waals surface area contributed by atoms with E-state index in [1.807, 2.05) is 132 Å². The molecule has 6 rings (SSSR count). The molecule has 0 amide bonds. The standard InChI is InChI=1S/C32H25N5OS/c33-32(39)37-30(20-29(34-37)24-12-6-2-7-13-24)28-21-36(26-14-8-3-9-15-26)35-31(28)25-16-18-27(19-17-25)38-22-23-10-4-1-5-11-23/h1-21H,22H2,(H2,33,39). The molecule has 0 spiro atoms. The Morgan fingerprint density at radius 2 is 1.38 bits per heavy atom. The van der Waals surface area contributed by atoms with E-state index >= 15 is 0 Å². The Morgan fingerprint density at radius 3 is 2.05 bits per heavy atom. The molecule has 0 unspecified atom stereocenters. The van der Waals surface area contributed by atoms with E-state index < -0.39 is 0 Å². The SMILES string of the molecule is NC(=S)n1nc(-c2ccccc2)cc1-c1cn(-c2ccccc2)nc1-c1ccc(OCc2ccccc2)cc1. The number of hydrogen-bond donors (Lipinski definition) is 1. The average Bonchev–Trinajstić information content (AvgIpc) is 3.64. The summed E-state index contributed by atoms with van der Waals surface area (Å²) in [6, 6.07) is 40.0. The minimum absolute atomic E-state index is 0.162. The molecule has 0 saturated carbocycles. The van der Waals surface area contributed by atoms with Crippen molar-refractivity contribution in [2.45, 2.75) is 6.61 Å². The molecule has 0 bridgehead atoms. The first-order chi connectivity index (χ1) is 19.2. The lowest BCUT2D eigenvalue weighted by molar-refractivity contribution is 0.306. The highest BCUT2D eigenvalue weighted by Crippen LogP contribution is 2.35. The van der Waals surface area contributed by atoms with Crippen LogP contribution in [0, 0.1) is 0 Å². The van der Waals surface area contributed by atoms with Gasteiger partial charge in [-0.2, -0.15) is 10.2 Å². The summed E-state index contributed by atoms with van der Waals surface area (Å²) >= 11 is 5.39. The van der Waals surface area contributed by atoms with Gasteiger partial charge in [0.15, 0.2) is 5.11 Å². The van der Waals surface area contributed by atoms with Gasteiger partial charge in [-0.1, -0.05) is 78.9 Å². The largest absolute Gasteiger partial charge is 0.489 e. The zero-order chi connectivity index (χ0) is 26.6. The Bertz CT molecular complexity index is 1710. The molecule has 190 valence electrons. The highest BCUT2D eigenvalue weighted by atomic mass is 32.1. The molecule has 0 saturated heterocycles. The van der Waals surface area contributed by atoms with Gasteiger partial charge >= 0.3 is 0 Å². The van der Waals surface area contributed by atoms with Gasteiger partial charge in [0, 0.05) is 22.9 Å². The zero-order valence-electron chi connectivity index (χ0n) is 21.0. The van der Waals surface area contributed by atoms with Gasteiger partial charge in [0.1, 0.15) is 18.1 Å². The van der Waals surface area contributed by atoms with E-state index in [1.54, 1.807) is 4.68 Å². The number of benzene rings is 4. The molecule has 0 radical (unpaired) electrons. The van der Waals surface area contributed by atoms with Crippen LogP contribution in [-0.2, 0) is 6.61 Å². The second-order valence-corrected chi connectivity index (χ2v) is 9.42. The van der Waals surface area contributed by atoms with E-state index in [-0.39, 0.29) is 5.11 Å². The lowest BCUT2D eigenvalue weighted by atomic mass is 10.0. The third-order valence-electron chi connectivity index (χ3n) is 6.37. The molecule has 0 aliphatic heterocycles. The second-order valence-electron chi connectivity index (χ2n) is 9.00. The van der Waals surface area contributed by atoms with E-state index in [0.717, 1.165) is 50.8 Å². The van der Waals surface area contributed by atoms with Crippen LogP contribution < -0.4 is 10.5 Å². The van der Waals surface area contributed by atoms with Crippen LogP contribution in [0.1, 0.15) is 5.56 Å². The van der Waals surface area contributed by atoms with E-state index in [9.17, 15) is 0 Å². The summed E-state index contributed by atoms with van der Waals surface area (Å²) in [5.74, 6) is 0.784. The maximum absolute atomic E-state index is 6.14. The van der Waals surface area contributed by atoms with Gasteiger partial charge < -0.3 is 10.5 Å². The van der Waals surface area contributed by atoms with Gasteiger partial charge in [-0.05, 0) is 60.2 Å². The lowest BCUT2D eigenvalue weighted by Gasteiger charge is -2.08. The van der Waals surface area contributed by atoms with Crippen molar-refractivity contribution in [3.63, 3.8) is 0 Å². The fourth-order valence-electron chi connectivity index (χ4n) is 4.43. The summed E-state index contributed by atoms with van der Waals surface area (Å²) < 4.78 is 9.47. The van der Waals surface area contributed by atoms with Crippen molar-refractivity contribution in [1.29, 1.82) is 0 Å². The van der Waals surface area contributed by atoms with Gasteiger partial charge in [0.2, 0.25) is 0 Å². The molecule has 6 nitrogen and oxygen atoms in total. The molecule has 2 aromatic heterocycles. The van der Waals surface area contributed by atoms with E-state index in [0.29, 0.717) is 6.61 Å². The molecule has 2 N–H and O–H groups in total. The predicted molar refractivity (Wildman–Crippen MR) is 159 cm³/mol. The Labute approximate surface area is 231 Å². The summed E-state index contributed by atoms with van der Waals surface area (Å²) in [5, 5.41) is 9.88. The molecule has 7 heteroatoms. The van der Waals surface area contributed by atoms with Crippen LogP contribution >= 0.6 is 12.2 Å². The smallest absolute Gasteiger partial charge is 0.191 e. The number of nitrogens with two attached hydrogens (primary N) is 1. The fraction of sp³-hybridized carbons (Fsp3) is 0.0312. The van der Waals surface area contributed by atoms with Crippen molar-refractivity contribution >= 4 is 17.3 Å². The highest BCUT2D eigenvalue weighted by Gasteiger charge is 2.21. The van der Waals surface area contributed by atoms with E-state index in [4.69, 9.17) is 32.9 Å². The summed E-state index contributed by atoms with van der Waals surface area (Å²) in [5.41, 5.74) is 13.3. The number of nitrogens with zero attached hydrogens (tertiary/aromatic N) is 4. The molecule has 4 aromatic carbocycles. The summed E-state index contributed by atoms with van der Waals surface area (Å²) in [7, 11) is 0. The normalized spacial score (nSPS) is 10.9. The van der Waals surface area contributed by atoms with Crippen molar-refractivity contribution in [3.05, 3.63) is 133 Å². The van der Waals surface area contributed by atoms with E-state index in [1.165, 1.54) is 0 Å². The minimum Gasteiger partial charge on any atom is -0.489 e. The highest BCUT2D eigenvalue weighted by molar-refractivity contribution is 7.80. The maximum Gasteiger partial charge on any atom is 0.191 e. The van der Waals surface area contributed by atoms with Crippen molar-refractivity contribution in [2.24, 2.45) is 5.73 Å². The first kappa shape index (κ1) is 24.3. The van der Waals surface area contributed by atoms with E-state index in [2.05, 4.69) is 0 Å². The number of ether oxygens (including phenoxy) is 1. The second kappa shape index (κ2) is 10.8. The minimum atomic E-state index is 0.162. The Hall–Kier alpha value is -5.01. The summed E-state index contributed by atoms with van der Waals surface area (Å²) in [6.07, 6.45) is 1.99. The molecule has 0 fully saturated rings. The molecule has 0 atom stereocenters. The van der Waals surface area contributed by atoms with Crippen LogP contribution in [-0.4, -0.2) is 24.7 Å². The number of para-hydroxylation sites is 1. The zero-order valence-corrected chi connectivity index (χ0v) is 21.8. The predicted octanol–water partition coefficient (Wildman–Crippen LogP) is 6.74. The van der Waals surface area contributed by atoms with Crippen LogP contribution in [0.25, 0.3) is 39.5 Å². The Morgan fingerprint density at radius 1 is 0.744 bits per heavy atom. The number of hydrogen-bond acceptors (Lipinski definition) is 4. The van der Waals surface area contributed by atoms with Crippen LogP contribution in [0.2, 0.25) is 0 Å². The number of rotatable bonds is 7. The van der Waals surface area contributed by atoms with Crippen molar-refractivity contribution in [2.75, 3.05) is 0 Å². The van der Waals surface area contributed by atoms with Crippen molar-refractivity contribution < 1.29 is 4.74 Å². The first-order valence-electron chi connectivity index (χ1n) is 12.5. The third-order valence-corrected chi connectivity index (χ3v) is 6.55. The van der Waals surface area contributed by atoms with Gasteiger partial charge in [0.25, 0.3) is 0 Å². The van der Waals surface area contributed by atoms with Crippen LogP contribution in [0.15, 0.2) is 128 Å². The third kappa shape index (κ3) is 5.21. The molecule has 2 heterocycles. The topological polar surface area (TPSA) is 70.9 Å². The summed E-state index contributed by atoms with van der Waals surface area (Å²) in [6.45, 7) is 0.503. The lowest BCUT2D eigenvalue weighted by Crippen LogP contribution is -2.21. The molecular weight excluding hydrogens is 502 g/mol. The molecule has 6 aromatic rings. The average molecular weight is 528 g/mol. The number of thiocarbonyl (C=S) groups is 1. The van der Waals surface area contributed by atoms with Crippen molar-refractivity contribution in [1.82, 2.24) is 19.6 Å². The fourth-order valence-corrected chi connectivity index (χ4v) is 4.57. The Balaban J connectivity index is 1.41. The van der Waals surface area contributed by atoms with Gasteiger partial charge in [0.05, 0.1) is 17.1 Å². The number of aromatic nitrogens is 4. The van der Waals surface area contributed by atoms with Crippen LogP contribution in [0.4, 0.5) is 0 Å². The molecular formula is C32H25N5OS. The Kier molecular flexibility index (Phi) is 6.72. The van der Waals surface area contributed by atoms with Gasteiger partial charge in [-0.15, -0.1) is 0 Å². The van der Waals surface area contributed by atoms with Crippen LogP contribution in [0.5, 0.6) is 5.75 Å². The molecule has 39 heavy (non-hydrogen) atoms. The van der Waals surface area contributed by atoms with Crippen LogP contribution in [0.3, 0.4) is 0 Å². The molecule has 0 aliphatic rings. The quantitative estimate of drug-likeness (QED) is 0.233. The summed E-state index contributed by atoms with van der Waals surface area (Å²) in [4.78, 5) is 0. The maximum atomic E-state index is 6.14. The monoisotopic (exact) mass is 527 g/mol. The van der Waals surface area contributed by atoms with Crippen molar-refractivity contribution in [3.8, 4) is 45.2 Å². The van der Waals surface area contributed by atoms with Gasteiger partial charge in [-0.3, -0.25) is 0 Å². The molecule has 0 aliphatic carbocycles.